The van der Waals surface area contributed by atoms with Crippen molar-refractivity contribution in [3.05, 3.63) is 75.2 Å². The summed E-state index contributed by atoms with van der Waals surface area (Å²) in [6.07, 6.45) is 0. The smallest absolute Gasteiger partial charge is 0.339 e. The summed E-state index contributed by atoms with van der Waals surface area (Å²) in [6.45, 7) is 0. The summed E-state index contributed by atoms with van der Waals surface area (Å²) >= 11 is 1.23. The third kappa shape index (κ3) is 4.76. The second kappa shape index (κ2) is 9.16. The number of carbonyl (C=O) groups is 2. The standard InChI is InChI=1S/C20H15NO9S2/c1-28-19(22)12-8-13(20(23)29-2)10-15(9-12)32(26,27)30-17-6-5-14(21(24)25)11-16(17)18-4-3-7-31-18/h3-11H,1-2H3. The van der Waals surface area contributed by atoms with Crippen LogP contribution in [-0.4, -0.2) is 39.5 Å². The van der Waals surface area contributed by atoms with E-state index in [0.29, 0.717) is 4.88 Å². The van der Waals surface area contributed by atoms with Gasteiger partial charge in [0.1, 0.15) is 4.90 Å². The number of nitrogens with zero attached hydrogens (tertiary/aromatic N) is 1. The number of thiophene rings is 1. The van der Waals surface area contributed by atoms with Gasteiger partial charge >= 0.3 is 22.1 Å². The Bertz CT molecular complexity index is 1260. The topological polar surface area (TPSA) is 139 Å². The molecule has 0 aliphatic heterocycles. The van der Waals surface area contributed by atoms with Gasteiger partial charge in [0.05, 0.1) is 30.3 Å². The van der Waals surface area contributed by atoms with E-state index in [2.05, 4.69) is 9.47 Å². The van der Waals surface area contributed by atoms with E-state index in [9.17, 15) is 28.1 Å². The summed E-state index contributed by atoms with van der Waals surface area (Å²) in [4.78, 5) is 34.5. The molecule has 0 bridgehead atoms. The first-order valence-corrected chi connectivity index (χ1v) is 11.0. The van der Waals surface area contributed by atoms with Crippen molar-refractivity contribution in [1.29, 1.82) is 0 Å². The molecule has 0 aliphatic carbocycles. The Kier molecular flexibility index (Phi) is 6.55. The number of methoxy groups -OCH3 is 2. The molecule has 10 nitrogen and oxygen atoms in total. The Morgan fingerprint density at radius 3 is 2.09 bits per heavy atom. The molecule has 0 spiro atoms. The maximum atomic E-state index is 13.0. The summed E-state index contributed by atoms with van der Waals surface area (Å²) in [5.41, 5.74) is -0.478. The van der Waals surface area contributed by atoms with Gasteiger partial charge < -0.3 is 13.7 Å². The number of rotatable bonds is 7. The van der Waals surface area contributed by atoms with Gasteiger partial charge in [0, 0.05) is 22.6 Å². The normalized spacial score (nSPS) is 10.9. The molecule has 0 fully saturated rings. The molecule has 3 rings (SSSR count). The van der Waals surface area contributed by atoms with Gasteiger partial charge in [0.15, 0.2) is 5.75 Å². The van der Waals surface area contributed by atoms with Gasteiger partial charge in [-0.1, -0.05) is 6.07 Å². The Balaban J connectivity index is 2.11. The number of hydrogen-bond donors (Lipinski definition) is 0. The van der Waals surface area contributed by atoms with E-state index >= 15 is 0 Å². The molecule has 0 amide bonds. The molecular formula is C20H15NO9S2. The van der Waals surface area contributed by atoms with Gasteiger partial charge in [0.2, 0.25) is 0 Å². The van der Waals surface area contributed by atoms with Crippen LogP contribution in [0.15, 0.2) is 58.8 Å². The predicted octanol–water partition coefficient (Wildman–Crippen LogP) is 3.66. The third-order valence-electron chi connectivity index (χ3n) is 4.20. The van der Waals surface area contributed by atoms with Gasteiger partial charge in [-0.05, 0) is 35.7 Å². The van der Waals surface area contributed by atoms with Gasteiger partial charge in [-0.3, -0.25) is 10.1 Å². The molecule has 1 heterocycles. The van der Waals surface area contributed by atoms with E-state index in [1.54, 1.807) is 17.5 Å². The molecule has 12 heteroatoms. The van der Waals surface area contributed by atoms with Crippen molar-refractivity contribution in [1.82, 2.24) is 0 Å². The van der Waals surface area contributed by atoms with Crippen molar-refractivity contribution in [2.45, 2.75) is 4.90 Å². The van der Waals surface area contributed by atoms with Gasteiger partial charge in [0.25, 0.3) is 5.69 Å². The van der Waals surface area contributed by atoms with Crippen molar-refractivity contribution in [3.8, 4) is 16.2 Å². The van der Waals surface area contributed by atoms with Crippen LogP contribution in [0.1, 0.15) is 20.7 Å². The molecule has 0 atom stereocenters. The van der Waals surface area contributed by atoms with E-state index in [0.717, 1.165) is 44.6 Å². The molecule has 0 aliphatic rings. The Morgan fingerprint density at radius 2 is 1.59 bits per heavy atom. The average molecular weight is 477 g/mol. The van der Waals surface area contributed by atoms with Crippen LogP contribution in [0.2, 0.25) is 0 Å². The predicted molar refractivity (Wildman–Crippen MR) is 113 cm³/mol. The molecule has 0 unspecified atom stereocenters. The van der Waals surface area contributed by atoms with Crippen molar-refractivity contribution in [2.75, 3.05) is 14.2 Å². The lowest BCUT2D eigenvalue weighted by Gasteiger charge is -2.12. The molecule has 32 heavy (non-hydrogen) atoms. The number of nitro groups is 1. The van der Waals surface area contributed by atoms with E-state index in [-0.39, 0.29) is 28.1 Å². The fourth-order valence-electron chi connectivity index (χ4n) is 2.71. The fraction of sp³-hybridized carbons (Fsp3) is 0.100. The molecule has 0 saturated heterocycles. The van der Waals surface area contributed by atoms with Crippen LogP contribution in [0, 0.1) is 10.1 Å². The van der Waals surface area contributed by atoms with Crippen molar-refractivity contribution >= 4 is 39.1 Å². The maximum Gasteiger partial charge on any atom is 0.339 e. The number of non-ortho nitro benzene ring substituents is 1. The molecule has 166 valence electrons. The Labute approximate surface area is 186 Å². The fourth-order valence-corrected chi connectivity index (χ4v) is 4.48. The number of benzene rings is 2. The van der Waals surface area contributed by atoms with Crippen LogP contribution < -0.4 is 4.18 Å². The SMILES string of the molecule is COC(=O)c1cc(C(=O)OC)cc(S(=O)(=O)Oc2ccc([N+](=O)[O-])cc2-c2cccs2)c1. The lowest BCUT2D eigenvalue weighted by molar-refractivity contribution is -0.384. The van der Waals surface area contributed by atoms with Gasteiger partial charge in [-0.25, -0.2) is 9.59 Å². The number of esters is 2. The highest BCUT2D eigenvalue weighted by Gasteiger charge is 2.25. The van der Waals surface area contributed by atoms with Crippen LogP contribution in [0.4, 0.5) is 5.69 Å². The van der Waals surface area contributed by atoms with E-state index < -0.39 is 31.9 Å². The first-order valence-electron chi connectivity index (χ1n) is 8.75. The highest BCUT2D eigenvalue weighted by Crippen LogP contribution is 2.37. The molecule has 1 aromatic heterocycles. The summed E-state index contributed by atoms with van der Waals surface area (Å²) in [5.74, 6) is -1.91. The highest BCUT2D eigenvalue weighted by atomic mass is 32.2. The molecule has 0 saturated carbocycles. The first-order chi connectivity index (χ1) is 15.2. The minimum atomic E-state index is -4.57. The summed E-state index contributed by atoms with van der Waals surface area (Å²) < 4.78 is 40.5. The van der Waals surface area contributed by atoms with Crippen molar-refractivity contribution in [3.63, 3.8) is 0 Å². The molecule has 0 N–H and O–H groups in total. The average Bonchev–Trinajstić information content (AvgIpc) is 3.32. The number of ether oxygens (including phenoxy) is 2. The van der Waals surface area contributed by atoms with Gasteiger partial charge in [-0.15, -0.1) is 11.3 Å². The molecule has 2 aromatic carbocycles. The van der Waals surface area contributed by atoms with E-state index in [4.69, 9.17) is 4.18 Å². The summed E-state index contributed by atoms with van der Waals surface area (Å²) in [7, 11) is -2.37. The second-order valence-corrected chi connectivity index (χ2v) is 8.68. The van der Waals surface area contributed by atoms with Crippen LogP contribution in [0.25, 0.3) is 10.4 Å². The van der Waals surface area contributed by atoms with Crippen LogP contribution in [0.5, 0.6) is 5.75 Å². The zero-order valence-corrected chi connectivity index (χ0v) is 18.3. The van der Waals surface area contributed by atoms with E-state index in [1.165, 1.54) is 17.4 Å². The van der Waals surface area contributed by atoms with E-state index in [1.807, 2.05) is 0 Å². The number of nitro benzene ring substituents is 1. The van der Waals surface area contributed by atoms with Gasteiger partial charge in [-0.2, -0.15) is 8.42 Å². The number of carbonyl (C=O) groups excluding carboxylic acids is 2. The highest BCUT2D eigenvalue weighted by molar-refractivity contribution is 7.87. The van der Waals surface area contributed by atoms with Crippen molar-refractivity contribution < 1.29 is 36.6 Å². The molecule has 3 aromatic rings. The lowest BCUT2D eigenvalue weighted by Crippen LogP contribution is -2.14. The lowest BCUT2D eigenvalue weighted by atomic mass is 10.1. The Morgan fingerprint density at radius 1 is 0.969 bits per heavy atom. The summed E-state index contributed by atoms with van der Waals surface area (Å²) in [6, 6.07) is 9.91. The minimum Gasteiger partial charge on any atom is -0.465 e. The Hall–Kier alpha value is -3.77. The maximum absolute atomic E-state index is 13.0. The van der Waals surface area contributed by atoms with Crippen LogP contribution in [0.3, 0.4) is 0 Å². The zero-order valence-electron chi connectivity index (χ0n) is 16.6. The quantitative estimate of drug-likeness (QED) is 0.216. The van der Waals surface area contributed by atoms with Crippen molar-refractivity contribution in [2.24, 2.45) is 0 Å². The van der Waals surface area contributed by atoms with Crippen LogP contribution >= 0.6 is 11.3 Å². The monoisotopic (exact) mass is 477 g/mol. The summed E-state index contributed by atoms with van der Waals surface area (Å²) in [5, 5.41) is 12.9. The second-order valence-electron chi connectivity index (χ2n) is 6.18. The van der Waals surface area contributed by atoms with Crippen LogP contribution in [-0.2, 0) is 19.6 Å². The largest absolute Gasteiger partial charge is 0.465 e. The molecule has 0 radical (unpaired) electrons. The third-order valence-corrected chi connectivity index (χ3v) is 6.31. The zero-order chi connectivity index (χ0) is 23.5. The number of hydrogen-bond acceptors (Lipinski definition) is 10. The first kappa shape index (κ1) is 22.9. The molecular weight excluding hydrogens is 462 g/mol. The minimum absolute atomic E-state index is 0.166.